The number of rotatable bonds is 7. The maximum absolute atomic E-state index is 11.3. The summed E-state index contributed by atoms with van der Waals surface area (Å²) >= 11 is 0. The molecule has 1 fully saturated rings. The third-order valence-electron chi connectivity index (χ3n) is 3.21. The van der Waals surface area contributed by atoms with Crippen LogP contribution < -0.4 is 0 Å². The summed E-state index contributed by atoms with van der Waals surface area (Å²) in [5.74, 6) is 0. The minimum atomic E-state index is -3.75. The molecule has 12 heteroatoms. The summed E-state index contributed by atoms with van der Waals surface area (Å²) in [7, 11) is -11.2. The molecule has 0 N–H and O–H groups in total. The molecule has 0 aliphatic heterocycles. The Morgan fingerprint density at radius 3 is 1.52 bits per heavy atom. The van der Waals surface area contributed by atoms with E-state index < -0.39 is 48.0 Å². The predicted molar refractivity (Wildman–Crippen MR) is 82.2 cm³/mol. The molecule has 0 bridgehead atoms. The van der Waals surface area contributed by atoms with Crippen molar-refractivity contribution in [2.45, 2.75) is 38.4 Å². The molecular formula is C11H22O9S3. The Balaban J connectivity index is 2.95. The summed E-state index contributed by atoms with van der Waals surface area (Å²) in [6.45, 7) is 1.44. The molecule has 2 unspecified atom stereocenters. The van der Waals surface area contributed by atoms with E-state index in [0.29, 0.717) is 0 Å². The Bertz CT molecular complexity index is 679. The van der Waals surface area contributed by atoms with Gasteiger partial charge in [-0.25, -0.2) is 0 Å². The van der Waals surface area contributed by atoms with E-state index in [-0.39, 0.29) is 25.9 Å². The van der Waals surface area contributed by atoms with Crippen LogP contribution >= 0.6 is 0 Å². The number of hydrogen-bond donors (Lipinski definition) is 0. The van der Waals surface area contributed by atoms with E-state index in [1.165, 1.54) is 0 Å². The highest BCUT2D eigenvalue weighted by Gasteiger charge is 2.41. The van der Waals surface area contributed by atoms with Crippen LogP contribution in [0, 0.1) is 5.41 Å². The van der Waals surface area contributed by atoms with Crippen molar-refractivity contribution in [1.82, 2.24) is 0 Å². The molecule has 2 atom stereocenters. The molecule has 1 saturated carbocycles. The van der Waals surface area contributed by atoms with E-state index in [2.05, 4.69) is 0 Å². The first-order valence-corrected chi connectivity index (χ1v) is 12.1. The van der Waals surface area contributed by atoms with E-state index in [9.17, 15) is 25.3 Å². The fourth-order valence-electron chi connectivity index (χ4n) is 2.65. The second-order valence-corrected chi connectivity index (χ2v) is 11.1. The maximum Gasteiger partial charge on any atom is 0.264 e. The summed E-state index contributed by atoms with van der Waals surface area (Å²) in [6, 6.07) is 0. The molecule has 23 heavy (non-hydrogen) atoms. The van der Waals surface area contributed by atoms with Crippen molar-refractivity contribution < 1.29 is 37.8 Å². The summed E-state index contributed by atoms with van der Waals surface area (Å²) in [4.78, 5) is 0. The van der Waals surface area contributed by atoms with Gasteiger partial charge in [0.05, 0.1) is 37.6 Å². The zero-order valence-corrected chi connectivity index (χ0v) is 15.8. The van der Waals surface area contributed by atoms with Crippen LogP contribution in [-0.4, -0.2) is 62.8 Å². The van der Waals surface area contributed by atoms with Gasteiger partial charge in [-0.3, -0.25) is 12.5 Å². The lowest BCUT2D eigenvalue weighted by molar-refractivity contribution is -0.0133. The van der Waals surface area contributed by atoms with Crippen LogP contribution in [0.25, 0.3) is 0 Å². The molecule has 0 heterocycles. The fraction of sp³-hybridized carbons (Fsp3) is 1.00. The monoisotopic (exact) mass is 394 g/mol. The molecule has 0 radical (unpaired) electrons. The van der Waals surface area contributed by atoms with Crippen molar-refractivity contribution in [2.24, 2.45) is 5.41 Å². The van der Waals surface area contributed by atoms with Crippen molar-refractivity contribution in [1.29, 1.82) is 0 Å². The van der Waals surface area contributed by atoms with Crippen LogP contribution in [0.15, 0.2) is 0 Å². The van der Waals surface area contributed by atoms with Crippen molar-refractivity contribution in [2.75, 3.05) is 25.4 Å². The van der Waals surface area contributed by atoms with Gasteiger partial charge in [-0.05, 0) is 18.3 Å². The molecule has 0 spiro atoms. The largest absolute Gasteiger partial charge is 0.270 e. The smallest absolute Gasteiger partial charge is 0.264 e. The second kappa shape index (κ2) is 6.92. The summed E-state index contributed by atoms with van der Waals surface area (Å²) in [5, 5.41) is 0. The molecule has 1 rings (SSSR count). The number of hydrogen-bond acceptors (Lipinski definition) is 9. The lowest BCUT2D eigenvalue weighted by atomic mass is 9.74. The van der Waals surface area contributed by atoms with Gasteiger partial charge in [-0.2, -0.15) is 25.3 Å². The topological polar surface area (TPSA) is 130 Å². The van der Waals surface area contributed by atoms with Gasteiger partial charge in [-0.1, -0.05) is 6.92 Å². The zero-order valence-electron chi connectivity index (χ0n) is 13.4. The lowest BCUT2D eigenvalue weighted by Crippen LogP contribution is -2.43. The Morgan fingerprint density at radius 1 is 0.826 bits per heavy atom. The van der Waals surface area contributed by atoms with Gasteiger partial charge in [0, 0.05) is 6.42 Å². The van der Waals surface area contributed by atoms with Crippen LogP contribution in [0.4, 0.5) is 0 Å². The molecule has 1 aliphatic rings. The van der Waals surface area contributed by atoms with Gasteiger partial charge < -0.3 is 0 Å². The van der Waals surface area contributed by atoms with Crippen LogP contribution in [-0.2, 0) is 42.9 Å². The zero-order chi connectivity index (χ0) is 18.1. The SMILES string of the molecule is CC1(COS(C)(=O)=O)CC(OS(C)(=O)=O)CC(OS(C)(=O)=O)C1. The molecule has 0 aromatic carbocycles. The van der Waals surface area contributed by atoms with Crippen LogP contribution in [0.5, 0.6) is 0 Å². The van der Waals surface area contributed by atoms with Crippen LogP contribution in [0.3, 0.4) is 0 Å². The Hall–Kier alpha value is -0.270. The third kappa shape index (κ3) is 8.96. The second-order valence-electron chi connectivity index (χ2n) is 6.27. The van der Waals surface area contributed by atoms with E-state index in [0.717, 1.165) is 18.8 Å². The maximum atomic E-state index is 11.3. The quantitative estimate of drug-likeness (QED) is 0.541. The Morgan fingerprint density at radius 2 is 1.22 bits per heavy atom. The van der Waals surface area contributed by atoms with E-state index in [4.69, 9.17) is 12.5 Å². The standard InChI is InChI=1S/C11H22O9S3/c1-11(8-18-21(2,12)13)6-9(19-22(3,14)15)5-10(7-11)20-23(4,16)17/h9-10H,5-8H2,1-4H3. The highest BCUT2D eigenvalue weighted by atomic mass is 32.2. The summed E-state index contributed by atoms with van der Waals surface area (Å²) < 4.78 is 82.2. The first-order chi connectivity index (χ1) is 10.1. The Kier molecular flexibility index (Phi) is 6.25. The Labute approximate surface area is 137 Å². The molecule has 0 aromatic heterocycles. The summed E-state index contributed by atoms with van der Waals surface area (Å²) in [6.07, 6.45) is 1.48. The molecule has 1 aliphatic carbocycles. The van der Waals surface area contributed by atoms with Crippen molar-refractivity contribution in [3.05, 3.63) is 0 Å². The van der Waals surface area contributed by atoms with E-state index in [1.807, 2.05) is 0 Å². The van der Waals surface area contributed by atoms with Crippen molar-refractivity contribution in [3.63, 3.8) is 0 Å². The molecule has 0 amide bonds. The summed E-state index contributed by atoms with van der Waals surface area (Å²) in [5.41, 5.74) is -0.813. The van der Waals surface area contributed by atoms with Gasteiger partial charge in [0.15, 0.2) is 0 Å². The normalized spacial score (nSPS) is 30.3. The molecule has 0 saturated heterocycles. The highest BCUT2D eigenvalue weighted by molar-refractivity contribution is 7.86. The van der Waals surface area contributed by atoms with Gasteiger partial charge in [0.1, 0.15) is 0 Å². The van der Waals surface area contributed by atoms with Gasteiger partial charge in [0.25, 0.3) is 30.4 Å². The van der Waals surface area contributed by atoms with Crippen molar-refractivity contribution in [3.8, 4) is 0 Å². The lowest BCUT2D eigenvalue weighted by Gasteiger charge is -2.40. The average Bonchev–Trinajstić information content (AvgIpc) is 2.19. The molecule has 138 valence electrons. The minimum Gasteiger partial charge on any atom is -0.270 e. The van der Waals surface area contributed by atoms with Crippen molar-refractivity contribution >= 4 is 30.4 Å². The third-order valence-corrected chi connectivity index (χ3v) is 5.00. The van der Waals surface area contributed by atoms with E-state index >= 15 is 0 Å². The predicted octanol–water partition coefficient (Wildman–Crippen LogP) is -0.158. The highest BCUT2D eigenvalue weighted by Crippen LogP contribution is 2.40. The van der Waals surface area contributed by atoms with Gasteiger partial charge in [-0.15, -0.1) is 0 Å². The van der Waals surface area contributed by atoms with E-state index in [1.54, 1.807) is 6.92 Å². The molecule has 9 nitrogen and oxygen atoms in total. The first-order valence-electron chi connectivity index (χ1n) is 6.68. The minimum absolute atomic E-state index is 0.0641. The van der Waals surface area contributed by atoms with Gasteiger partial charge >= 0.3 is 0 Å². The fourth-order valence-corrected chi connectivity index (χ4v) is 4.43. The molecule has 0 aromatic rings. The van der Waals surface area contributed by atoms with Crippen LogP contribution in [0.1, 0.15) is 26.2 Å². The van der Waals surface area contributed by atoms with Gasteiger partial charge in [0.2, 0.25) is 0 Å². The first kappa shape index (κ1) is 20.8. The van der Waals surface area contributed by atoms with Crippen LogP contribution in [0.2, 0.25) is 0 Å². The average molecular weight is 394 g/mol. The molecular weight excluding hydrogens is 372 g/mol.